The number of nitrogens with two attached hydrogens (primary N) is 1. The molecule has 2 N–H and O–H groups in total. The molecule has 18 heavy (non-hydrogen) atoms. The smallest absolute Gasteiger partial charge is 0.126 e. The van der Waals surface area contributed by atoms with Gasteiger partial charge in [-0.25, -0.2) is 9.97 Å². The second kappa shape index (κ2) is 4.38. The summed E-state index contributed by atoms with van der Waals surface area (Å²) in [5, 5.41) is 1.11. The zero-order valence-electron chi connectivity index (χ0n) is 10.1. The van der Waals surface area contributed by atoms with E-state index in [1.54, 1.807) is 11.3 Å². The normalized spacial score (nSPS) is 10.9. The van der Waals surface area contributed by atoms with Crippen molar-refractivity contribution >= 4 is 27.4 Å². The summed E-state index contributed by atoms with van der Waals surface area (Å²) in [6.07, 6.45) is 2.64. The van der Waals surface area contributed by atoms with E-state index in [-0.39, 0.29) is 0 Å². The summed E-state index contributed by atoms with van der Waals surface area (Å²) in [6.45, 7) is 1.98. The van der Waals surface area contributed by atoms with Gasteiger partial charge in [0.2, 0.25) is 0 Å². The quantitative estimate of drug-likeness (QED) is 0.765. The zero-order valence-corrected chi connectivity index (χ0v) is 10.9. The molecule has 3 rings (SSSR count). The van der Waals surface area contributed by atoms with Crippen molar-refractivity contribution in [3.63, 3.8) is 0 Å². The second-order valence-electron chi connectivity index (χ2n) is 4.30. The van der Waals surface area contributed by atoms with Gasteiger partial charge in [0.15, 0.2) is 0 Å². The number of aromatic nitrogens is 2. The first-order valence-corrected chi connectivity index (χ1v) is 6.59. The predicted molar refractivity (Wildman–Crippen MR) is 75.8 cm³/mol. The number of thiazole rings is 1. The van der Waals surface area contributed by atoms with Crippen LogP contribution in [0.1, 0.15) is 16.1 Å². The van der Waals surface area contributed by atoms with Gasteiger partial charge in [0.25, 0.3) is 0 Å². The Morgan fingerprint density at radius 1 is 1.28 bits per heavy atom. The van der Waals surface area contributed by atoms with Crippen LogP contribution in [0, 0.1) is 6.92 Å². The summed E-state index contributed by atoms with van der Waals surface area (Å²) < 4.78 is 1.23. The Hall–Kier alpha value is -1.94. The molecule has 0 aliphatic rings. The molecular weight excluding hydrogens is 242 g/mol. The van der Waals surface area contributed by atoms with Gasteiger partial charge in [-0.1, -0.05) is 18.2 Å². The van der Waals surface area contributed by atoms with E-state index in [2.05, 4.69) is 22.1 Å². The van der Waals surface area contributed by atoms with E-state index in [4.69, 9.17) is 5.73 Å². The Labute approximate surface area is 109 Å². The van der Waals surface area contributed by atoms with Crippen molar-refractivity contribution in [3.8, 4) is 0 Å². The third-order valence-corrected chi connectivity index (χ3v) is 3.91. The molecular formula is C14H13N3S. The highest BCUT2D eigenvalue weighted by molar-refractivity contribution is 7.18. The predicted octanol–water partition coefficient (Wildman–Crippen LogP) is 3.17. The molecule has 0 spiro atoms. The van der Waals surface area contributed by atoms with Crippen molar-refractivity contribution in [2.75, 3.05) is 5.73 Å². The highest BCUT2D eigenvalue weighted by Crippen LogP contribution is 2.24. The Kier molecular flexibility index (Phi) is 2.72. The summed E-state index contributed by atoms with van der Waals surface area (Å²) >= 11 is 1.73. The van der Waals surface area contributed by atoms with Crippen LogP contribution in [0.2, 0.25) is 0 Å². The number of anilines is 1. The number of benzene rings is 1. The standard InChI is InChI=1S/C14H13N3S/c1-9-6-10(8-16-14(9)15)7-13-17-11-4-2-3-5-12(11)18-13/h2-6,8H,7H2,1H3,(H2,15,16). The number of hydrogen-bond acceptors (Lipinski definition) is 4. The van der Waals surface area contributed by atoms with Gasteiger partial charge >= 0.3 is 0 Å². The van der Waals surface area contributed by atoms with E-state index in [1.807, 2.05) is 31.3 Å². The van der Waals surface area contributed by atoms with E-state index < -0.39 is 0 Å². The Morgan fingerprint density at radius 2 is 2.11 bits per heavy atom. The van der Waals surface area contributed by atoms with Gasteiger partial charge in [0.1, 0.15) is 5.82 Å². The molecule has 2 aromatic heterocycles. The van der Waals surface area contributed by atoms with E-state index in [9.17, 15) is 0 Å². The number of fused-ring (bicyclic) bond motifs is 1. The molecule has 3 nitrogen and oxygen atoms in total. The minimum atomic E-state index is 0.600. The van der Waals surface area contributed by atoms with E-state index in [1.165, 1.54) is 4.70 Å². The minimum Gasteiger partial charge on any atom is -0.383 e. The van der Waals surface area contributed by atoms with Crippen molar-refractivity contribution in [1.29, 1.82) is 0 Å². The fraction of sp³-hybridized carbons (Fsp3) is 0.143. The fourth-order valence-corrected chi connectivity index (χ4v) is 2.91. The lowest BCUT2D eigenvalue weighted by atomic mass is 10.1. The van der Waals surface area contributed by atoms with Gasteiger partial charge in [0, 0.05) is 12.6 Å². The van der Waals surface area contributed by atoms with E-state index >= 15 is 0 Å². The molecule has 3 aromatic rings. The fourth-order valence-electron chi connectivity index (χ4n) is 1.91. The van der Waals surface area contributed by atoms with Crippen LogP contribution in [-0.2, 0) is 6.42 Å². The third kappa shape index (κ3) is 2.07. The van der Waals surface area contributed by atoms with Crippen molar-refractivity contribution in [3.05, 3.63) is 52.7 Å². The van der Waals surface area contributed by atoms with Crippen LogP contribution in [-0.4, -0.2) is 9.97 Å². The Balaban J connectivity index is 1.93. The minimum absolute atomic E-state index is 0.600. The molecule has 0 amide bonds. The average molecular weight is 255 g/mol. The summed E-state index contributed by atoms with van der Waals surface area (Å²) in [6, 6.07) is 10.3. The largest absolute Gasteiger partial charge is 0.383 e. The Morgan fingerprint density at radius 3 is 2.89 bits per heavy atom. The molecule has 0 unspecified atom stereocenters. The first kappa shape index (κ1) is 11.2. The maximum atomic E-state index is 5.72. The summed E-state index contributed by atoms with van der Waals surface area (Å²) in [4.78, 5) is 8.80. The van der Waals surface area contributed by atoms with Gasteiger partial charge in [-0.3, -0.25) is 0 Å². The lowest BCUT2D eigenvalue weighted by molar-refractivity contribution is 1.11. The summed E-state index contributed by atoms with van der Waals surface area (Å²) in [5.74, 6) is 0.600. The van der Waals surface area contributed by atoms with Gasteiger partial charge in [0.05, 0.1) is 15.2 Å². The van der Waals surface area contributed by atoms with Crippen molar-refractivity contribution in [2.24, 2.45) is 0 Å². The van der Waals surface area contributed by atoms with Crippen molar-refractivity contribution < 1.29 is 0 Å². The molecule has 0 radical (unpaired) electrons. The Bertz CT molecular complexity index is 670. The van der Waals surface area contributed by atoms with Gasteiger partial charge in [-0.15, -0.1) is 11.3 Å². The highest BCUT2D eigenvalue weighted by atomic mass is 32.1. The maximum absolute atomic E-state index is 5.72. The number of para-hydroxylation sites is 1. The van der Waals surface area contributed by atoms with Crippen LogP contribution in [0.3, 0.4) is 0 Å². The van der Waals surface area contributed by atoms with Crippen LogP contribution < -0.4 is 5.73 Å². The highest BCUT2D eigenvalue weighted by Gasteiger charge is 2.05. The monoisotopic (exact) mass is 255 g/mol. The average Bonchev–Trinajstić information content (AvgIpc) is 2.76. The van der Waals surface area contributed by atoms with Crippen LogP contribution in [0.15, 0.2) is 36.5 Å². The molecule has 90 valence electrons. The molecule has 0 fully saturated rings. The van der Waals surface area contributed by atoms with Gasteiger partial charge in [-0.2, -0.15) is 0 Å². The summed E-state index contributed by atoms with van der Waals surface area (Å²) in [5.41, 5.74) is 8.96. The first-order chi connectivity index (χ1) is 8.72. The van der Waals surface area contributed by atoms with Crippen molar-refractivity contribution in [1.82, 2.24) is 9.97 Å². The van der Waals surface area contributed by atoms with Crippen LogP contribution in [0.5, 0.6) is 0 Å². The molecule has 0 saturated carbocycles. The zero-order chi connectivity index (χ0) is 12.5. The number of pyridine rings is 1. The number of rotatable bonds is 2. The summed E-state index contributed by atoms with van der Waals surface area (Å²) in [7, 11) is 0. The molecule has 2 heterocycles. The van der Waals surface area contributed by atoms with Crippen LogP contribution >= 0.6 is 11.3 Å². The second-order valence-corrected chi connectivity index (χ2v) is 5.41. The molecule has 0 atom stereocenters. The topological polar surface area (TPSA) is 51.8 Å². The SMILES string of the molecule is Cc1cc(Cc2nc3ccccc3s2)cnc1N. The van der Waals surface area contributed by atoms with Crippen LogP contribution in [0.25, 0.3) is 10.2 Å². The molecule has 0 aliphatic heterocycles. The number of nitrogens with zero attached hydrogens (tertiary/aromatic N) is 2. The lowest BCUT2D eigenvalue weighted by Gasteiger charge is -2.01. The molecule has 1 aromatic carbocycles. The number of aryl methyl sites for hydroxylation is 1. The van der Waals surface area contributed by atoms with Gasteiger partial charge < -0.3 is 5.73 Å². The molecule has 0 saturated heterocycles. The molecule has 0 aliphatic carbocycles. The van der Waals surface area contributed by atoms with Gasteiger partial charge in [-0.05, 0) is 30.2 Å². The van der Waals surface area contributed by atoms with E-state index in [0.717, 1.165) is 28.1 Å². The van der Waals surface area contributed by atoms with Crippen LogP contribution in [0.4, 0.5) is 5.82 Å². The first-order valence-electron chi connectivity index (χ1n) is 5.78. The third-order valence-electron chi connectivity index (χ3n) is 2.87. The van der Waals surface area contributed by atoms with E-state index in [0.29, 0.717) is 5.82 Å². The van der Waals surface area contributed by atoms with Crippen molar-refractivity contribution in [2.45, 2.75) is 13.3 Å². The lowest BCUT2D eigenvalue weighted by Crippen LogP contribution is -1.96. The number of hydrogen-bond donors (Lipinski definition) is 1. The molecule has 0 bridgehead atoms. The number of nitrogen functional groups attached to an aromatic ring is 1. The maximum Gasteiger partial charge on any atom is 0.126 e. The molecule has 4 heteroatoms.